The zero-order valence-electron chi connectivity index (χ0n) is 12.8. The van der Waals surface area contributed by atoms with Crippen molar-refractivity contribution in [3.63, 3.8) is 0 Å². The first-order valence-corrected chi connectivity index (χ1v) is 7.32. The highest BCUT2D eigenvalue weighted by atomic mass is 16.5. The number of fused-ring (bicyclic) bond motifs is 1. The van der Waals surface area contributed by atoms with E-state index in [9.17, 15) is 9.90 Å². The number of ether oxygens (including phenoxy) is 1. The lowest BCUT2D eigenvalue weighted by atomic mass is 10.2. The fourth-order valence-electron chi connectivity index (χ4n) is 2.36. The van der Waals surface area contributed by atoms with Crippen LogP contribution in [0.15, 0.2) is 47.7 Å². The van der Waals surface area contributed by atoms with E-state index < -0.39 is 6.10 Å². The number of rotatable bonds is 6. The molecule has 0 saturated heterocycles. The molecule has 0 saturated carbocycles. The zero-order chi connectivity index (χ0) is 16.2. The van der Waals surface area contributed by atoms with E-state index in [1.54, 1.807) is 11.7 Å². The van der Waals surface area contributed by atoms with E-state index in [-0.39, 0.29) is 18.7 Å². The van der Waals surface area contributed by atoms with Gasteiger partial charge >= 0.3 is 0 Å². The molecule has 0 unspecified atom stereocenters. The van der Waals surface area contributed by atoms with Crippen molar-refractivity contribution in [3.05, 3.63) is 58.8 Å². The van der Waals surface area contributed by atoms with Gasteiger partial charge < -0.3 is 9.84 Å². The van der Waals surface area contributed by atoms with Gasteiger partial charge in [-0.25, -0.2) is 4.98 Å². The van der Waals surface area contributed by atoms with Crippen LogP contribution in [-0.2, 0) is 24.9 Å². The summed E-state index contributed by atoms with van der Waals surface area (Å²) in [5.74, 6) is 0. The minimum Gasteiger partial charge on any atom is -0.389 e. The van der Waals surface area contributed by atoms with Crippen LogP contribution in [0, 0.1) is 0 Å². The van der Waals surface area contributed by atoms with Crippen molar-refractivity contribution in [1.82, 2.24) is 19.3 Å². The Kier molecular flexibility index (Phi) is 4.50. The number of aromatic nitrogens is 4. The monoisotopic (exact) mass is 314 g/mol. The normalized spacial score (nSPS) is 12.6. The molecule has 23 heavy (non-hydrogen) atoms. The molecule has 120 valence electrons. The minimum absolute atomic E-state index is 0.130. The van der Waals surface area contributed by atoms with Crippen LogP contribution in [0.5, 0.6) is 0 Å². The molecule has 7 heteroatoms. The van der Waals surface area contributed by atoms with Crippen molar-refractivity contribution in [1.29, 1.82) is 0 Å². The Labute approximate surface area is 132 Å². The third kappa shape index (κ3) is 3.46. The number of hydrogen-bond donors (Lipinski definition) is 1. The van der Waals surface area contributed by atoms with Crippen molar-refractivity contribution in [3.8, 4) is 0 Å². The lowest BCUT2D eigenvalue weighted by Crippen LogP contribution is -2.29. The second-order valence-electron chi connectivity index (χ2n) is 5.36. The molecule has 7 nitrogen and oxygen atoms in total. The molecule has 0 bridgehead atoms. The molecule has 0 amide bonds. The number of aliphatic hydroxyl groups excluding tert-OH is 1. The SMILES string of the molecule is Cn1ncc2c(=O)n(C[C@H](O)COCc3ccccc3)cnc21. The van der Waals surface area contributed by atoms with Crippen molar-refractivity contribution >= 4 is 11.0 Å². The Hall–Kier alpha value is -2.51. The van der Waals surface area contributed by atoms with Crippen LogP contribution in [-0.4, -0.2) is 37.1 Å². The van der Waals surface area contributed by atoms with Gasteiger partial charge in [-0.15, -0.1) is 0 Å². The Morgan fingerprint density at radius 1 is 1.30 bits per heavy atom. The molecule has 2 aromatic heterocycles. The van der Waals surface area contributed by atoms with Crippen LogP contribution in [0.3, 0.4) is 0 Å². The van der Waals surface area contributed by atoms with E-state index >= 15 is 0 Å². The number of aliphatic hydroxyl groups is 1. The quantitative estimate of drug-likeness (QED) is 0.724. The highest BCUT2D eigenvalue weighted by Gasteiger charge is 2.11. The molecule has 0 fully saturated rings. The summed E-state index contributed by atoms with van der Waals surface area (Å²) >= 11 is 0. The summed E-state index contributed by atoms with van der Waals surface area (Å²) in [5.41, 5.74) is 1.35. The van der Waals surface area contributed by atoms with Gasteiger partial charge in [-0.05, 0) is 5.56 Å². The predicted octanol–water partition coefficient (Wildman–Crippen LogP) is 0.708. The number of hydrogen-bond acceptors (Lipinski definition) is 5. The molecular weight excluding hydrogens is 296 g/mol. The predicted molar refractivity (Wildman–Crippen MR) is 84.9 cm³/mol. The van der Waals surface area contributed by atoms with Crippen molar-refractivity contribution in [2.24, 2.45) is 7.05 Å². The summed E-state index contributed by atoms with van der Waals surface area (Å²) in [7, 11) is 1.73. The topological polar surface area (TPSA) is 82.2 Å². The molecule has 3 aromatic rings. The zero-order valence-corrected chi connectivity index (χ0v) is 12.8. The van der Waals surface area contributed by atoms with Gasteiger partial charge in [0.25, 0.3) is 5.56 Å². The molecular formula is C16H18N4O3. The van der Waals surface area contributed by atoms with Gasteiger partial charge in [-0.3, -0.25) is 14.0 Å². The first kappa shape index (κ1) is 15.4. The van der Waals surface area contributed by atoms with Crippen molar-refractivity contribution in [2.45, 2.75) is 19.3 Å². The fourth-order valence-corrected chi connectivity index (χ4v) is 2.36. The summed E-state index contributed by atoms with van der Waals surface area (Å²) in [4.78, 5) is 16.5. The lowest BCUT2D eigenvalue weighted by Gasteiger charge is -2.13. The van der Waals surface area contributed by atoms with Gasteiger partial charge in [-0.2, -0.15) is 5.10 Å². The van der Waals surface area contributed by atoms with E-state index in [2.05, 4.69) is 10.1 Å². The number of aryl methyl sites for hydroxylation is 1. The first-order chi connectivity index (χ1) is 11.1. The van der Waals surface area contributed by atoms with E-state index in [0.717, 1.165) is 5.56 Å². The van der Waals surface area contributed by atoms with Crippen molar-refractivity contribution in [2.75, 3.05) is 6.61 Å². The molecule has 1 aromatic carbocycles. The average molecular weight is 314 g/mol. The summed E-state index contributed by atoms with van der Waals surface area (Å²) in [6, 6.07) is 9.72. The standard InChI is InChI=1S/C16H18N4O3/c1-19-15-14(7-18-19)16(22)20(11-17-15)8-13(21)10-23-9-12-5-3-2-4-6-12/h2-7,11,13,21H,8-10H2,1H3/t13-/m0/s1. The maximum Gasteiger partial charge on any atom is 0.264 e. The maximum absolute atomic E-state index is 12.3. The van der Waals surface area contributed by atoms with E-state index in [0.29, 0.717) is 17.6 Å². The van der Waals surface area contributed by atoms with Gasteiger partial charge in [0.2, 0.25) is 0 Å². The summed E-state index contributed by atoms with van der Waals surface area (Å²) in [6.45, 7) is 0.699. The average Bonchev–Trinajstić information content (AvgIpc) is 2.93. The molecule has 1 atom stereocenters. The molecule has 3 rings (SSSR count). The highest BCUT2D eigenvalue weighted by Crippen LogP contribution is 2.04. The third-order valence-electron chi connectivity index (χ3n) is 3.55. The Morgan fingerprint density at radius 3 is 2.87 bits per heavy atom. The molecule has 0 radical (unpaired) electrons. The first-order valence-electron chi connectivity index (χ1n) is 7.32. The van der Waals surface area contributed by atoms with Crippen LogP contribution in [0.1, 0.15) is 5.56 Å². The van der Waals surface area contributed by atoms with Crippen LogP contribution < -0.4 is 5.56 Å². The summed E-state index contributed by atoms with van der Waals surface area (Å²) in [5, 5.41) is 14.5. The van der Waals surface area contributed by atoms with Gasteiger partial charge in [-0.1, -0.05) is 30.3 Å². The summed E-state index contributed by atoms with van der Waals surface area (Å²) in [6.07, 6.45) is 2.12. The van der Waals surface area contributed by atoms with Crippen LogP contribution >= 0.6 is 0 Å². The highest BCUT2D eigenvalue weighted by molar-refractivity contribution is 5.72. The van der Waals surface area contributed by atoms with E-state index in [1.807, 2.05) is 30.3 Å². The number of nitrogens with zero attached hydrogens (tertiary/aromatic N) is 4. The Bertz CT molecular complexity index is 841. The second kappa shape index (κ2) is 6.72. The molecule has 0 aliphatic carbocycles. The van der Waals surface area contributed by atoms with Gasteiger partial charge in [0.1, 0.15) is 11.7 Å². The Morgan fingerprint density at radius 2 is 2.09 bits per heavy atom. The van der Waals surface area contributed by atoms with E-state index in [1.165, 1.54) is 17.1 Å². The van der Waals surface area contributed by atoms with Crippen LogP contribution in [0.25, 0.3) is 11.0 Å². The van der Waals surface area contributed by atoms with Gasteiger partial charge in [0, 0.05) is 7.05 Å². The maximum atomic E-state index is 12.3. The molecule has 2 heterocycles. The van der Waals surface area contributed by atoms with Crippen LogP contribution in [0.2, 0.25) is 0 Å². The summed E-state index contributed by atoms with van der Waals surface area (Å²) < 4.78 is 8.40. The molecule has 0 spiro atoms. The lowest BCUT2D eigenvalue weighted by molar-refractivity contribution is 0.0198. The third-order valence-corrected chi connectivity index (χ3v) is 3.55. The molecule has 0 aliphatic rings. The molecule has 1 N–H and O–H groups in total. The number of benzene rings is 1. The smallest absolute Gasteiger partial charge is 0.264 e. The second-order valence-corrected chi connectivity index (χ2v) is 5.36. The Balaban J connectivity index is 1.60. The minimum atomic E-state index is -0.785. The van der Waals surface area contributed by atoms with Crippen molar-refractivity contribution < 1.29 is 9.84 Å². The van der Waals surface area contributed by atoms with Gasteiger partial charge in [0.05, 0.1) is 32.1 Å². The fraction of sp³-hybridized carbons (Fsp3) is 0.312. The van der Waals surface area contributed by atoms with Crippen LogP contribution in [0.4, 0.5) is 0 Å². The van der Waals surface area contributed by atoms with E-state index in [4.69, 9.17) is 4.74 Å². The largest absolute Gasteiger partial charge is 0.389 e. The molecule has 0 aliphatic heterocycles. The van der Waals surface area contributed by atoms with Gasteiger partial charge in [0.15, 0.2) is 5.65 Å².